The zero-order chi connectivity index (χ0) is 24.6. The lowest BCUT2D eigenvalue weighted by Gasteiger charge is -2.07. The van der Waals surface area contributed by atoms with E-state index in [4.69, 9.17) is 4.74 Å². The maximum absolute atomic E-state index is 14.6. The molecule has 2 nitrogen and oxygen atoms in total. The number of hydrogen-bond donors (Lipinski definition) is 0. The molecule has 0 radical (unpaired) electrons. The van der Waals surface area contributed by atoms with E-state index in [-0.39, 0.29) is 11.4 Å². The molecular weight excluding hydrogens is 447 g/mol. The summed E-state index contributed by atoms with van der Waals surface area (Å²) in [6, 6.07) is 16.0. The highest BCUT2D eigenvalue weighted by atomic mass is 19.1. The first-order chi connectivity index (χ1) is 17.0. The average molecular weight is 474 g/mol. The maximum Gasteiger partial charge on any atom is 0.142 e. The van der Waals surface area contributed by atoms with Gasteiger partial charge < -0.3 is 4.74 Å². The van der Waals surface area contributed by atoms with Crippen molar-refractivity contribution in [1.29, 1.82) is 0 Å². The van der Waals surface area contributed by atoms with Crippen molar-refractivity contribution in [2.24, 2.45) is 0 Å². The summed E-state index contributed by atoms with van der Waals surface area (Å²) in [4.78, 5) is 4.39. The fraction of sp³-hybridized carbons (Fsp3) is 0.233. The Balaban J connectivity index is 1.40. The monoisotopic (exact) mass is 473 g/mol. The SMILES string of the molecule is CCCCCOc1ccc(CCc2cc(F)c(C#Cc3ccc4cc(F)ccc4c3)c(F)c2)nc1. The van der Waals surface area contributed by atoms with Crippen molar-refractivity contribution in [3.05, 3.63) is 107 Å². The summed E-state index contributed by atoms with van der Waals surface area (Å²) >= 11 is 0. The van der Waals surface area contributed by atoms with Crippen LogP contribution in [0.1, 0.15) is 48.6 Å². The second-order valence-corrected chi connectivity index (χ2v) is 8.43. The van der Waals surface area contributed by atoms with Gasteiger partial charge in [0.15, 0.2) is 0 Å². The molecule has 4 rings (SSSR count). The molecule has 1 aromatic heterocycles. The second kappa shape index (κ2) is 11.6. The van der Waals surface area contributed by atoms with Gasteiger partial charge in [0.1, 0.15) is 23.2 Å². The van der Waals surface area contributed by atoms with Crippen LogP contribution in [0.5, 0.6) is 5.75 Å². The highest BCUT2D eigenvalue weighted by molar-refractivity contribution is 5.84. The first-order valence-corrected chi connectivity index (χ1v) is 11.8. The molecule has 0 aliphatic heterocycles. The summed E-state index contributed by atoms with van der Waals surface area (Å²) in [5, 5.41) is 1.54. The van der Waals surface area contributed by atoms with Crippen LogP contribution in [-0.4, -0.2) is 11.6 Å². The standard InChI is InChI=1S/C30H26F3NO/c1-2-3-4-15-35-27-13-12-26(34-20-27)11-6-22-17-29(32)28(30(33)18-22)14-7-21-5-8-24-19-25(31)10-9-23(24)16-21/h5,8-10,12-13,16-20H,2-4,6,11,15H2,1H3. The molecular formula is C30H26F3NO. The Morgan fingerprint density at radius 1 is 0.800 bits per heavy atom. The van der Waals surface area contributed by atoms with Gasteiger partial charge in [0.05, 0.1) is 18.4 Å². The minimum Gasteiger partial charge on any atom is -0.492 e. The van der Waals surface area contributed by atoms with Crippen LogP contribution in [0.2, 0.25) is 0 Å². The lowest BCUT2D eigenvalue weighted by Crippen LogP contribution is -2.00. The number of nitrogens with zero attached hydrogens (tertiary/aromatic N) is 1. The summed E-state index contributed by atoms with van der Waals surface area (Å²) in [6.07, 6.45) is 5.98. The minimum atomic E-state index is -0.695. The third kappa shape index (κ3) is 6.64. The number of ether oxygens (including phenoxy) is 1. The van der Waals surface area contributed by atoms with Crippen molar-refractivity contribution in [1.82, 2.24) is 4.98 Å². The van der Waals surface area contributed by atoms with Crippen LogP contribution in [0.25, 0.3) is 10.8 Å². The molecule has 0 bridgehead atoms. The Labute approximate surface area is 203 Å². The van der Waals surface area contributed by atoms with Crippen LogP contribution in [0.4, 0.5) is 13.2 Å². The Morgan fingerprint density at radius 3 is 2.31 bits per heavy atom. The van der Waals surface area contributed by atoms with Gasteiger partial charge in [0.25, 0.3) is 0 Å². The summed E-state index contributed by atoms with van der Waals surface area (Å²) in [5.74, 6) is 4.43. The number of halogens is 3. The van der Waals surface area contributed by atoms with E-state index in [0.29, 0.717) is 30.6 Å². The summed E-state index contributed by atoms with van der Waals surface area (Å²) < 4.78 is 48.3. The van der Waals surface area contributed by atoms with E-state index >= 15 is 0 Å². The lowest BCUT2D eigenvalue weighted by atomic mass is 10.0. The van der Waals surface area contributed by atoms with Gasteiger partial charge in [-0.05, 0) is 84.1 Å². The van der Waals surface area contributed by atoms with Gasteiger partial charge in [-0.25, -0.2) is 13.2 Å². The zero-order valence-corrected chi connectivity index (χ0v) is 19.6. The molecule has 0 atom stereocenters. The molecule has 4 aromatic rings. The minimum absolute atomic E-state index is 0.268. The van der Waals surface area contributed by atoms with Gasteiger partial charge in [-0.15, -0.1) is 0 Å². The zero-order valence-electron chi connectivity index (χ0n) is 19.6. The number of hydrogen-bond acceptors (Lipinski definition) is 2. The van der Waals surface area contributed by atoms with Crippen molar-refractivity contribution in [2.45, 2.75) is 39.0 Å². The fourth-order valence-corrected chi connectivity index (χ4v) is 3.78. The van der Waals surface area contributed by atoms with E-state index in [1.807, 2.05) is 12.1 Å². The number of unbranched alkanes of at least 4 members (excludes halogenated alkanes) is 2. The molecule has 1 heterocycles. The molecule has 0 N–H and O–H groups in total. The Kier molecular flexibility index (Phi) is 8.05. The van der Waals surface area contributed by atoms with Crippen LogP contribution in [-0.2, 0) is 12.8 Å². The number of aromatic nitrogens is 1. The molecule has 0 saturated carbocycles. The quantitative estimate of drug-likeness (QED) is 0.196. The second-order valence-electron chi connectivity index (χ2n) is 8.43. The van der Waals surface area contributed by atoms with Crippen molar-refractivity contribution >= 4 is 10.8 Å². The molecule has 3 aromatic carbocycles. The van der Waals surface area contributed by atoms with E-state index in [1.165, 1.54) is 24.3 Å². The molecule has 0 unspecified atom stereocenters. The van der Waals surface area contributed by atoms with Crippen LogP contribution in [0, 0.1) is 29.3 Å². The number of benzene rings is 3. The summed E-state index contributed by atoms with van der Waals surface area (Å²) in [5.41, 5.74) is 1.69. The third-order valence-corrected chi connectivity index (χ3v) is 5.72. The Morgan fingerprint density at radius 2 is 1.57 bits per heavy atom. The predicted octanol–water partition coefficient (Wildman–Crippen LogP) is 7.41. The molecule has 178 valence electrons. The smallest absolute Gasteiger partial charge is 0.142 e. The predicted molar refractivity (Wildman–Crippen MR) is 133 cm³/mol. The molecule has 0 aliphatic carbocycles. The van der Waals surface area contributed by atoms with E-state index in [0.717, 1.165) is 41.5 Å². The number of fused-ring (bicyclic) bond motifs is 1. The van der Waals surface area contributed by atoms with Gasteiger partial charge in [0, 0.05) is 11.3 Å². The molecule has 5 heteroatoms. The van der Waals surface area contributed by atoms with Gasteiger partial charge in [-0.1, -0.05) is 43.7 Å². The van der Waals surface area contributed by atoms with Crippen LogP contribution in [0.15, 0.2) is 66.9 Å². The highest BCUT2D eigenvalue weighted by Gasteiger charge is 2.10. The van der Waals surface area contributed by atoms with Gasteiger partial charge in [-0.3, -0.25) is 4.98 Å². The molecule has 0 amide bonds. The molecule has 0 fully saturated rings. The van der Waals surface area contributed by atoms with Gasteiger partial charge in [-0.2, -0.15) is 0 Å². The topological polar surface area (TPSA) is 22.1 Å². The van der Waals surface area contributed by atoms with Gasteiger partial charge >= 0.3 is 0 Å². The Hall–Kier alpha value is -3.78. The highest BCUT2D eigenvalue weighted by Crippen LogP contribution is 2.19. The lowest BCUT2D eigenvalue weighted by molar-refractivity contribution is 0.305. The van der Waals surface area contributed by atoms with E-state index in [9.17, 15) is 13.2 Å². The van der Waals surface area contributed by atoms with Crippen molar-refractivity contribution in [2.75, 3.05) is 6.61 Å². The molecule has 0 aliphatic rings. The number of rotatable bonds is 8. The van der Waals surface area contributed by atoms with Crippen molar-refractivity contribution in [3.8, 4) is 17.6 Å². The molecule has 0 saturated heterocycles. The molecule has 35 heavy (non-hydrogen) atoms. The van der Waals surface area contributed by atoms with Crippen LogP contribution in [0.3, 0.4) is 0 Å². The van der Waals surface area contributed by atoms with E-state index in [2.05, 4.69) is 23.7 Å². The fourth-order valence-electron chi connectivity index (χ4n) is 3.78. The number of pyridine rings is 1. The van der Waals surface area contributed by atoms with Crippen LogP contribution < -0.4 is 4.74 Å². The molecule has 0 spiro atoms. The van der Waals surface area contributed by atoms with Crippen molar-refractivity contribution < 1.29 is 17.9 Å². The normalized spacial score (nSPS) is 10.7. The summed E-state index contributed by atoms with van der Waals surface area (Å²) in [6.45, 7) is 2.82. The third-order valence-electron chi connectivity index (χ3n) is 5.72. The average Bonchev–Trinajstić information content (AvgIpc) is 2.85. The van der Waals surface area contributed by atoms with Crippen LogP contribution >= 0.6 is 0 Å². The van der Waals surface area contributed by atoms with Gasteiger partial charge in [0.2, 0.25) is 0 Å². The summed E-state index contributed by atoms with van der Waals surface area (Å²) in [7, 11) is 0. The first kappa shape index (κ1) is 24.3. The van der Waals surface area contributed by atoms with Crippen molar-refractivity contribution in [3.63, 3.8) is 0 Å². The van der Waals surface area contributed by atoms with E-state index in [1.54, 1.807) is 30.5 Å². The largest absolute Gasteiger partial charge is 0.492 e. The number of aryl methyl sites for hydroxylation is 2. The van der Waals surface area contributed by atoms with E-state index < -0.39 is 11.6 Å². The first-order valence-electron chi connectivity index (χ1n) is 11.8. The Bertz CT molecular complexity index is 1350. The maximum atomic E-state index is 14.6.